The molecule has 0 aliphatic carbocycles. The van der Waals surface area contributed by atoms with Crippen LogP contribution < -0.4 is 5.32 Å². The molecule has 0 aliphatic rings. The average Bonchev–Trinajstić information content (AvgIpc) is 2.91. The number of hydrogen-bond acceptors (Lipinski definition) is 4. The number of aliphatic hydroxyl groups is 1. The van der Waals surface area contributed by atoms with Gasteiger partial charge in [-0.15, -0.1) is 0 Å². The highest BCUT2D eigenvalue weighted by molar-refractivity contribution is 5.97. The summed E-state index contributed by atoms with van der Waals surface area (Å²) in [6.45, 7) is 3.62. The number of aryl methyl sites for hydroxylation is 1. The van der Waals surface area contributed by atoms with Gasteiger partial charge in [-0.1, -0.05) is 6.07 Å². The number of phenolic OH excluding ortho intramolecular Hbond substituents is 1. The molecule has 1 aromatic carbocycles. The van der Waals surface area contributed by atoms with Crippen molar-refractivity contribution >= 4 is 5.91 Å². The predicted octanol–water partition coefficient (Wildman–Crippen LogP) is 2.54. The third-order valence-corrected chi connectivity index (χ3v) is 3.22. The van der Waals surface area contributed by atoms with E-state index in [-0.39, 0.29) is 23.3 Å². The van der Waals surface area contributed by atoms with Gasteiger partial charge in [0.1, 0.15) is 17.6 Å². The van der Waals surface area contributed by atoms with E-state index in [0.29, 0.717) is 12.2 Å². The Hall–Kier alpha value is -2.27. The Labute approximate surface area is 123 Å². The van der Waals surface area contributed by atoms with Gasteiger partial charge in [-0.25, -0.2) is 0 Å². The van der Waals surface area contributed by atoms with E-state index < -0.39 is 6.10 Å². The Morgan fingerprint density at radius 2 is 2.14 bits per heavy atom. The maximum atomic E-state index is 12.1. The van der Waals surface area contributed by atoms with Crippen molar-refractivity contribution in [1.29, 1.82) is 0 Å². The Morgan fingerprint density at radius 1 is 1.38 bits per heavy atom. The van der Waals surface area contributed by atoms with Crippen LogP contribution in [-0.2, 0) is 0 Å². The molecule has 112 valence electrons. The first-order chi connectivity index (χ1) is 9.97. The lowest BCUT2D eigenvalue weighted by atomic mass is 10.1. The molecule has 0 saturated carbocycles. The van der Waals surface area contributed by atoms with Crippen LogP contribution in [-0.4, -0.2) is 22.2 Å². The van der Waals surface area contributed by atoms with Gasteiger partial charge in [-0.3, -0.25) is 4.79 Å². The Balaban J connectivity index is 1.96. The molecule has 5 nitrogen and oxygen atoms in total. The quantitative estimate of drug-likeness (QED) is 0.790. The van der Waals surface area contributed by atoms with Crippen molar-refractivity contribution in [2.75, 3.05) is 0 Å². The smallest absolute Gasteiger partial charge is 0.255 e. The van der Waals surface area contributed by atoms with E-state index >= 15 is 0 Å². The molecule has 0 radical (unpaired) electrons. The summed E-state index contributed by atoms with van der Waals surface area (Å²) in [5.41, 5.74) is 1.10. The molecule has 1 heterocycles. The molecule has 2 rings (SSSR count). The Bertz CT molecular complexity index is 607. The summed E-state index contributed by atoms with van der Waals surface area (Å²) in [5.74, 6) is 0.0483. The van der Waals surface area contributed by atoms with Gasteiger partial charge >= 0.3 is 0 Å². The topological polar surface area (TPSA) is 82.7 Å². The fourth-order valence-electron chi connectivity index (χ4n) is 2.13. The number of aromatic hydroxyl groups is 1. The molecule has 21 heavy (non-hydrogen) atoms. The standard InChI is InChI=1S/C16H19NO4/c1-10-5-6-12(13(18)8-10)16(20)17-11(2)9-14(19)15-4-3-7-21-15/h3-8,11,14,18-19H,9H2,1-2H3,(H,17,20). The number of rotatable bonds is 5. The van der Waals surface area contributed by atoms with Crippen LogP contribution in [0.15, 0.2) is 41.0 Å². The van der Waals surface area contributed by atoms with Crippen LogP contribution in [0.3, 0.4) is 0 Å². The van der Waals surface area contributed by atoms with Crippen molar-refractivity contribution in [2.24, 2.45) is 0 Å². The van der Waals surface area contributed by atoms with E-state index in [9.17, 15) is 15.0 Å². The summed E-state index contributed by atoms with van der Waals surface area (Å²) >= 11 is 0. The van der Waals surface area contributed by atoms with Crippen LogP contribution in [0.2, 0.25) is 0 Å². The normalized spacial score (nSPS) is 13.7. The van der Waals surface area contributed by atoms with Crippen molar-refractivity contribution in [3.8, 4) is 5.75 Å². The second kappa shape index (κ2) is 6.45. The van der Waals surface area contributed by atoms with Gasteiger partial charge in [0.15, 0.2) is 0 Å². The number of nitrogens with one attached hydrogen (secondary N) is 1. The van der Waals surface area contributed by atoms with Crippen LogP contribution in [0.5, 0.6) is 5.75 Å². The van der Waals surface area contributed by atoms with Crippen molar-refractivity contribution in [2.45, 2.75) is 32.4 Å². The fraction of sp³-hybridized carbons (Fsp3) is 0.312. The fourth-order valence-corrected chi connectivity index (χ4v) is 2.13. The van der Waals surface area contributed by atoms with Gasteiger partial charge in [0.2, 0.25) is 0 Å². The minimum Gasteiger partial charge on any atom is -0.507 e. The number of aliphatic hydroxyl groups excluding tert-OH is 1. The molecule has 0 spiro atoms. The lowest BCUT2D eigenvalue weighted by Crippen LogP contribution is -2.33. The lowest BCUT2D eigenvalue weighted by Gasteiger charge is -2.17. The predicted molar refractivity (Wildman–Crippen MR) is 78.1 cm³/mol. The van der Waals surface area contributed by atoms with Crippen LogP contribution >= 0.6 is 0 Å². The zero-order valence-electron chi connectivity index (χ0n) is 12.0. The first kappa shape index (κ1) is 15.1. The van der Waals surface area contributed by atoms with Crippen molar-refractivity contribution in [3.63, 3.8) is 0 Å². The van der Waals surface area contributed by atoms with E-state index in [0.717, 1.165) is 5.56 Å². The zero-order valence-corrected chi connectivity index (χ0v) is 12.0. The van der Waals surface area contributed by atoms with Gasteiger partial charge in [-0.2, -0.15) is 0 Å². The third kappa shape index (κ3) is 3.86. The van der Waals surface area contributed by atoms with Crippen LogP contribution in [0.1, 0.15) is 41.1 Å². The average molecular weight is 289 g/mol. The second-order valence-corrected chi connectivity index (χ2v) is 5.16. The van der Waals surface area contributed by atoms with Gasteiger partial charge in [0, 0.05) is 12.5 Å². The molecule has 1 aromatic heterocycles. The monoisotopic (exact) mass is 289 g/mol. The number of benzene rings is 1. The largest absolute Gasteiger partial charge is 0.507 e. The summed E-state index contributed by atoms with van der Waals surface area (Å²) < 4.78 is 5.12. The van der Waals surface area contributed by atoms with E-state index in [1.165, 1.54) is 12.3 Å². The van der Waals surface area contributed by atoms with Crippen LogP contribution in [0.4, 0.5) is 0 Å². The van der Waals surface area contributed by atoms with E-state index in [4.69, 9.17) is 4.42 Å². The van der Waals surface area contributed by atoms with E-state index in [1.54, 1.807) is 31.2 Å². The van der Waals surface area contributed by atoms with Crippen molar-refractivity contribution in [3.05, 3.63) is 53.5 Å². The molecule has 1 amide bonds. The number of hydrogen-bond donors (Lipinski definition) is 3. The first-order valence-electron chi connectivity index (χ1n) is 6.79. The third-order valence-electron chi connectivity index (χ3n) is 3.22. The lowest BCUT2D eigenvalue weighted by molar-refractivity contribution is 0.0900. The number of amides is 1. The minimum atomic E-state index is -0.776. The zero-order chi connectivity index (χ0) is 15.4. The number of carbonyl (C=O) groups is 1. The molecule has 5 heteroatoms. The summed E-state index contributed by atoms with van der Waals surface area (Å²) in [4.78, 5) is 12.1. The molecule has 2 aromatic rings. The highest BCUT2D eigenvalue weighted by Crippen LogP contribution is 2.21. The summed E-state index contributed by atoms with van der Waals surface area (Å²) in [6, 6.07) is 8.00. The molecular formula is C16H19NO4. The molecule has 2 unspecified atom stereocenters. The minimum absolute atomic E-state index is 0.0497. The maximum absolute atomic E-state index is 12.1. The Morgan fingerprint density at radius 3 is 2.76 bits per heavy atom. The molecule has 3 N–H and O–H groups in total. The summed E-state index contributed by atoms with van der Waals surface area (Å²) in [5, 5.41) is 22.5. The van der Waals surface area contributed by atoms with Crippen LogP contribution in [0, 0.1) is 6.92 Å². The number of furan rings is 1. The van der Waals surface area contributed by atoms with Gasteiger partial charge in [0.05, 0.1) is 11.8 Å². The van der Waals surface area contributed by atoms with Gasteiger partial charge < -0.3 is 19.9 Å². The summed E-state index contributed by atoms with van der Waals surface area (Å²) in [7, 11) is 0. The van der Waals surface area contributed by atoms with Crippen molar-refractivity contribution in [1.82, 2.24) is 5.32 Å². The number of phenols is 1. The molecule has 0 fully saturated rings. The highest BCUT2D eigenvalue weighted by Gasteiger charge is 2.18. The molecule has 2 atom stereocenters. The summed E-state index contributed by atoms with van der Waals surface area (Å²) in [6.07, 6.45) is 1.04. The molecular weight excluding hydrogens is 270 g/mol. The van der Waals surface area contributed by atoms with Gasteiger partial charge in [-0.05, 0) is 43.7 Å². The maximum Gasteiger partial charge on any atom is 0.255 e. The van der Waals surface area contributed by atoms with E-state index in [1.807, 2.05) is 6.92 Å². The number of carbonyl (C=O) groups excluding carboxylic acids is 1. The van der Waals surface area contributed by atoms with Crippen LogP contribution in [0.25, 0.3) is 0 Å². The molecule has 0 aliphatic heterocycles. The molecule has 0 bridgehead atoms. The highest BCUT2D eigenvalue weighted by atomic mass is 16.4. The second-order valence-electron chi connectivity index (χ2n) is 5.16. The van der Waals surface area contributed by atoms with Gasteiger partial charge in [0.25, 0.3) is 5.91 Å². The SMILES string of the molecule is Cc1ccc(C(=O)NC(C)CC(O)c2ccco2)c(O)c1. The molecule has 0 saturated heterocycles. The van der Waals surface area contributed by atoms with E-state index in [2.05, 4.69) is 5.32 Å². The first-order valence-corrected chi connectivity index (χ1v) is 6.79. The Kier molecular flexibility index (Phi) is 4.65. The van der Waals surface area contributed by atoms with Crippen molar-refractivity contribution < 1.29 is 19.4 Å².